The molecule has 0 saturated carbocycles. The summed E-state index contributed by atoms with van der Waals surface area (Å²) in [6, 6.07) is 0. The molecule has 0 aliphatic heterocycles. The monoisotopic (exact) mass is 294 g/mol. The van der Waals surface area contributed by atoms with Crippen molar-refractivity contribution in [3.63, 3.8) is 0 Å². The summed E-state index contributed by atoms with van der Waals surface area (Å²) >= 11 is 5.86. The second-order valence-corrected chi connectivity index (χ2v) is 6.32. The third-order valence-corrected chi connectivity index (χ3v) is 4.14. The second-order valence-electron chi connectivity index (χ2n) is 3.85. The Kier molecular flexibility index (Phi) is 4.71. The molecular weight excluding hydrogens is 280 g/mol. The minimum absolute atomic E-state index is 0.108. The van der Waals surface area contributed by atoms with E-state index in [0.29, 0.717) is 5.69 Å². The fourth-order valence-electron chi connectivity index (χ4n) is 1.14. The number of likely N-dealkylation sites (N-methyl/N-ethyl adjacent to an activating group) is 1. The minimum Gasteiger partial charge on any atom is -0.349 e. The molecule has 0 aliphatic carbocycles. The van der Waals surface area contributed by atoms with E-state index in [2.05, 4.69) is 15.5 Å². The highest BCUT2D eigenvalue weighted by Crippen LogP contribution is 2.16. The Morgan fingerprint density at radius 1 is 1.56 bits per heavy atom. The molecule has 0 unspecified atom stereocenters. The summed E-state index contributed by atoms with van der Waals surface area (Å²) in [5.74, 6) is -0.439. The number of rotatable bonds is 5. The van der Waals surface area contributed by atoms with Crippen molar-refractivity contribution in [2.75, 3.05) is 26.4 Å². The quantitative estimate of drug-likeness (QED) is 0.798. The van der Waals surface area contributed by atoms with Gasteiger partial charge >= 0.3 is 0 Å². The van der Waals surface area contributed by atoms with Crippen LogP contribution in [0.15, 0.2) is 0 Å². The maximum absolute atomic E-state index is 11.7. The van der Waals surface area contributed by atoms with Crippen molar-refractivity contribution >= 4 is 27.5 Å². The Labute approximate surface area is 111 Å². The van der Waals surface area contributed by atoms with E-state index in [1.54, 1.807) is 6.92 Å². The van der Waals surface area contributed by atoms with Crippen molar-refractivity contribution in [2.45, 2.75) is 6.92 Å². The van der Waals surface area contributed by atoms with Gasteiger partial charge in [0.25, 0.3) is 5.91 Å². The number of carbonyl (C=O) groups is 1. The first-order valence-corrected chi connectivity index (χ1v) is 7.36. The molecule has 0 aliphatic rings. The molecule has 0 radical (unpaired) electrons. The van der Waals surface area contributed by atoms with Gasteiger partial charge in [-0.3, -0.25) is 9.89 Å². The first kappa shape index (κ1) is 14.9. The van der Waals surface area contributed by atoms with Crippen molar-refractivity contribution in [2.24, 2.45) is 0 Å². The van der Waals surface area contributed by atoms with Crippen LogP contribution in [0.25, 0.3) is 0 Å². The van der Waals surface area contributed by atoms with Gasteiger partial charge in [-0.15, -0.1) is 0 Å². The molecule has 0 aromatic carbocycles. The summed E-state index contributed by atoms with van der Waals surface area (Å²) in [6.45, 7) is 2.07. The molecular formula is C9H15ClN4O3S. The lowest BCUT2D eigenvalue weighted by Gasteiger charge is -2.13. The normalized spacial score (nSPS) is 11.8. The van der Waals surface area contributed by atoms with Crippen LogP contribution in [0.5, 0.6) is 0 Å². The second kappa shape index (κ2) is 5.68. The molecule has 1 amide bonds. The standard InChI is InChI=1S/C9H15ClN4O3S/c1-6-7(10)8(13-12-6)9(15)11-4-5-14(2)18(3,16)17/h4-5H2,1-3H3,(H,11,15)(H,12,13). The van der Waals surface area contributed by atoms with E-state index in [9.17, 15) is 13.2 Å². The van der Waals surface area contributed by atoms with Crippen LogP contribution in [0.3, 0.4) is 0 Å². The molecule has 1 aromatic rings. The van der Waals surface area contributed by atoms with Gasteiger partial charge < -0.3 is 5.32 Å². The molecule has 102 valence electrons. The Bertz CT molecular complexity index is 540. The first-order valence-electron chi connectivity index (χ1n) is 5.13. The number of sulfonamides is 1. The van der Waals surface area contributed by atoms with Gasteiger partial charge in [0.2, 0.25) is 10.0 Å². The van der Waals surface area contributed by atoms with Crippen LogP contribution in [0.4, 0.5) is 0 Å². The van der Waals surface area contributed by atoms with E-state index >= 15 is 0 Å². The molecule has 0 atom stereocenters. The number of nitrogens with one attached hydrogen (secondary N) is 2. The van der Waals surface area contributed by atoms with E-state index in [1.807, 2.05) is 0 Å². The van der Waals surface area contributed by atoms with Gasteiger partial charge in [-0.25, -0.2) is 12.7 Å². The third-order valence-electron chi connectivity index (χ3n) is 2.37. The molecule has 9 heteroatoms. The van der Waals surface area contributed by atoms with Gasteiger partial charge in [0.1, 0.15) is 0 Å². The molecule has 0 bridgehead atoms. The molecule has 0 saturated heterocycles. The summed E-state index contributed by atoms with van der Waals surface area (Å²) in [4.78, 5) is 11.7. The van der Waals surface area contributed by atoms with Crippen molar-refractivity contribution in [3.8, 4) is 0 Å². The SMILES string of the molecule is Cc1[nH]nc(C(=O)NCCN(C)S(C)(=O)=O)c1Cl. The molecule has 2 N–H and O–H groups in total. The fourth-order valence-corrected chi connectivity index (χ4v) is 1.74. The predicted octanol–water partition coefficient (Wildman–Crippen LogP) is -0.00728. The summed E-state index contributed by atoms with van der Waals surface area (Å²) in [6.07, 6.45) is 1.10. The number of amides is 1. The van der Waals surface area contributed by atoms with Gasteiger partial charge in [-0.1, -0.05) is 11.6 Å². The molecule has 18 heavy (non-hydrogen) atoms. The first-order chi connectivity index (χ1) is 8.23. The number of nitrogens with zero attached hydrogens (tertiary/aromatic N) is 2. The fraction of sp³-hybridized carbons (Fsp3) is 0.556. The van der Waals surface area contributed by atoms with E-state index in [-0.39, 0.29) is 23.8 Å². The average molecular weight is 295 g/mol. The molecule has 1 aromatic heterocycles. The zero-order chi connectivity index (χ0) is 13.9. The number of aryl methyl sites for hydroxylation is 1. The van der Waals surface area contributed by atoms with Crippen LogP contribution in [0.2, 0.25) is 5.02 Å². The number of hydrogen-bond donors (Lipinski definition) is 2. The van der Waals surface area contributed by atoms with Gasteiger partial charge in [-0.05, 0) is 6.92 Å². The summed E-state index contributed by atoms with van der Waals surface area (Å²) < 4.78 is 23.4. The van der Waals surface area contributed by atoms with Gasteiger partial charge in [0.05, 0.1) is 17.0 Å². The lowest BCUT2D eigenvalue weighted by Crippen LogP contribution is -2.35. The van der Waals surface area contributed by atoms with E-state index in [1.165, 1.54) is 7.05 Å². The van der Waals surface area contributed by atoms with Crippen LogP contribution in [0, 0.1) is 6.92 Å². The predicted molar refractivity (Wildman–Crippen MR) is 68.1 cm³/mol. The lowest BCUT2D eigenvalue weighted by atomic mass is 10.3. The Morgan fingerprint density at radius 3 is 2.61 bits per heavy atom. The van der Waals surface area contributed by atoms with Crippen LogP contribution < -0.4 is 5.32 Å². The molecule has 1 heterocycles. The highest BCUT2D eigenvalue weighted by molar-refractivity contribution is 7.88. The lowest BCUT2D eigenvalue weighted by molar-refractivity contribution is 0.0947. The van der Waals surface area contributed by atoms with Crippen LogP contribution in [-0.4, -0.2) is 55.2 Å². The summed E-state index contributed by atoms with van der Waals surface area (Å²) in [5, 5.41) is 9.16. The molecule has 1 rings (SSSR count). The van der Waals surface area contributed by atoms with Crippen molar-refractivity contribution in [1.82, 2.24) is 19.8 Å². The van der Waals surface area contributed by atoms with Crippen LogP contribution in [-0.2, 0) is 10.0 Å². The van der Waals surface area contributed by atoms with Crippen molar-refractivity contribution in [1.29, 1.82) is 0 Å². The summed E-state index contributed by atoms with van der Waals surface area (Å²) in [5.41, 5.74) is 0.714. The number of aromatic nitrogens is 2. The maximum atomic E-state index is 11.7. The van der Waals surface area contributed by atoms with Gasteiger partial charge in [-0.2, -0.15) is 5.10 Å². The summed E-state index contributed by atoms with van der Waals surface area (Å²) in [7, 11) is -1.80. The molecule has 0 spiro atoms. The topological polar surface area (TPSA) is 95.2 Å². The van der Waals surface area contributed by atoms with Gasteiger partial charge in [0, 0.05) is 20.1 Å². The number of hydrogen-bond acceptors (Lipinski definition) is 4. The smallest absolute Gasteiger partial charge is 0.273 e. The minimum atomic E-state index is -3.24. The van der Waals surface area contributed by atoms with Crippen molar-refractivity contribution < 1.29 is 13.2 Å². The van der Waals surface area contributed by atoms with Crippen LogP contribution in [0.1, 0.15) is 16.2 Å². The number of carbonyl (C=O) groups excluding carboxylic acids is 1. The third kappa shape index (κ3) is 3.69. The Hall–Kier alpha value is -1.12. The zero-order valence-electron chi connectivity index (χ0n) is 10.3. The largest absolute Gasteiger partial charge is 0.349 e. The zero-order valence-corrected chi connectivity index (χ0v) is 11.9. The number of H-pyrrole nitrogens is 1. The molecule has 0 fully saturated rings. The van der Waals surface area contributed by atoms with Gasteiger partial charge in [0.15, 0.2) is 5.69 Å². The highest BCUT2D eigenvalue weighted by Gasteiger charge is 2.16. The molecule has 7 nitrogen and oxygen atoms in total. The Morgan fingerprint density at radius 2 is 2.17 bits per heavy atom. The van der Waals surface area contributed by atoms with E-state index < -0.39 is 15.9 Å². The highest BCUT2D eigenvalue weighted by atomic mass is 35.5. The van der Waals surface area contributed by atoms with Crippen LogP contribution >= 0.6 is 11.6 Å². The van der Waals surface area contributed by atoms with E-state index in [0.717, 1.165) is 10.6 Å². The number of halogens is 1. The number of aromatic amines is 1. The average Bonchev–Trinajstić information content (AvgIpc) is 2.58. The maximum Gasteiger partial charge on any atom is 0.273 e. The Balaban J connectivity index is 2.51. The van der Waals surface area contributed by atoms with Crippen molar-refractivity contribution in [3.05, 3.63) is 16.4 Å². The van der Waals surface area contributed by atoms with E-state index in [4.69, 9.17) is 11.6 Å².